The van der Waals surface area contributed by atoms with E-state index in [0.717, 1.165) is 21.6 Å². The number of hydrogen-bond donors (Lipinski definition) is 1. The average Bonchev–Trinajstić information content (AvgIpc) is 2.86. The molecule has 1 unspecified atom stereocenters. The standard InChI is InChI=1S/C13H13ClN2S/c14-11-3-4-12(16-9-5-7-17-8-9)13-10(11)2-1-6-15-13/h1-4,6,9,16H,5,7-8H2. The number of aromatic nitrogens is 1. The molecule has 0 radical (unpaired) electrons. The van der Waals surface area contributed by atoms with Gasteiger partial charge in [-0.3, -0.25) is 4.98 Å². The zero-order valence-electron chi connectivity index (χ0n) is 9.32. The molecule has 2 nitrogen and oxygen atoms in total. The summed E-state index contributed by atoms with van der Waals surface area (Å²) in [6.07, 6.45) is 3.04. The number of thioether (sulfide) groups is 1. The third kappa shape index (κ3) is 2.22. The van der Waals surface area contributed by atoms with E-state index in [1.165, 1.54) is 17.9 Å². The lowest BCUT2D eigenvalue weighted by Crippen LogP contribution is -2.18. The number of nitrogens with zero attached hydrogens (tertiary/aromatic N) is 1. The molecule has 1 aromatic carbocycles. The Kier molecular flexibility index (Phi) is 3.12. The topological polar surface area (TPSA) is 24.9 Å². The Bertz CT molecular complexity index is 538. The van der Waals surface area contributed by atoms with E-state index in [-0.39, 0.29) is 0 Å². The number of hydrogen-bond acceptors (Lipinski definition) is 3. The number of rotatable bonds is 2. The van der Waals surface area contributed by atoms with Gasteiger partial charge in [-0.15, -0.1) is 0 Å². The van der Waals surface area contributed by atoms with Crippen molar-refractivity contribution in [2.24, 2.45) is 0 Å². The van der Waals surface area contributed by atoms with E-state index in [9.17, 15) is 0 Å². The average molecular weight is 265 g/mol. The van der Waals surface area contributed by atoms with Gasteiger partial charge in [0.1, 0.15) is 0 Å². The van der Waals surface area contributed by atoms with Gasteiger partial charge < -0.3 is 5.32 Å². The van der Waals surface area contributed by atoms with Gasteiger partial charge in [0.2, 0.25) is 0 Å². The number of halogens is 1. The van der Waals surface area contributed by atoms with Crippen LogP contribution < -0.4 is 5.32 Å². The highest BCUT2D eigenvalue weighted by molar-refractivity contribution is 7.99. The Morgan fingerprint density at radius 1 is 1.35 bits per heavy atom. The minimum absolute atomic E-state index is 0.561. The minimum Gasteiger partial charge on any atom is -0.380 e. The molecule has 2 aromatic rings. The van der Waals surface area contributed by atoms with Crippen molar-refractivity contribution < 1.29 is 0 Å². The van der Waals surface area contributed by atoms with E-state index in [1.54, 1.807) is 0 Å². The zero-order chi connectivity index (χ0) is 11.7. The molecule has 4 heteroatoms. The highest BCUT2D eigenvalue weighted by atomic mass is 35.5. The second kappa shape index (κ2) is 4.75. The van der Waals surface area contributed by atoms with E-state index in [0.29, 0.717) is 6.04 Å². The van der Waals surface area contributed by atoms with Gasteiger partial charge in [0.05, 0.1) is 16.2 Å². The van der Waals surface area contributed by atoms with Crippen LogP contribution >= 0.6 is 23.4 Å². The van der Waals surface area contributed by atoms with Crippen molar-refractivity contribution in [1.82, 2.24) is 4.98 Å². The van der Waals surface area contributed by atoms with Gasteiger partial charge in [0.25, 0.3) is 0 Å². The van der Waals surface area contributed by atoms with E-state index < -0.39 is 0 Å². The quantitative estimate of drug-likeness (QED) is 0.893. The Morgan fingerprint density at radius 2 is 2.29 bits per heavy atom. The Labute approximate surface area is 110 Å². The molecular weight excluding hydrogens is 252 g/mol. The first kappa shape index (κ1) is 11.2. The van der Waals surface area contributed by atoms with Crippen LogP contribution in [0.1, 0.15) is 6.42 Å². The second-order valence-electron chi connectivity index (χ2n) is 4.20. The molecule has 1 fully saturated rings. The van der Waals surface area contributed by atoms with Crippen molar-refractivity contribution >= 4 is 40.0 Å². The minimum atomic E-state index is 0.561. The van der Waals surface area contributed by atoms with Gasteiger partial charge in [-0.05, 0) is 36.4 Å². The summed E-state index contributed by atoms with van der Waals surface area (Å²) in [4.78, 5) is 4.43. The maximum atomic E-state index is 6.17. The number of pyridine rings is 1. The molecule has 1 atom stereocenters. The van der Waals surface area contributed by atoms with Crippen molar-refractivity contribution in [2.75, 3.05) is 16.8 Å². The summed E-state index contributed by atoms with van der Waals surface area (Å²) in [5.74, 6) is 2.42. The van der Waals surface area contributed by atoms with Crippen LogP contribution in [-0.2, 0) is 0 Å². The monoisotopic (exact) mass is 264 g/mol. The predicted molar refractivity (Wildman–Crippen MR) is 76.1 cm³/mol. The summed E-state index contributed by atoms with van der Waals surface area (Å²) in [5, 5.41) is 5.35. The fourth-order valence-electron chi connectivity index (χ4n) is 2.12. The summed E-state index contributed by atoms with van der Waals surface area (Å²) in [6, 6.07) is 8.46. The zero-order valence-corrected chi connectivity index (χ0v) is 10.9. The fraction of sp³-hybridized carbons (Fsp3) is 0.308. The maximum Gasteiger partial charge on any atom is 0.0948 e. The number of anilines is 1. The van der Waals surface area contributed by atoms with Crippen LogP contribution in [0.5, 0.6) is 0 Å². The van der Waals surface area contributed by atoms with Crippen molar-refractivity contribution in [1.29, 1.82) is 0 Å². The lowest BCUT2D eigenvalue weighted by atomic mass is 10.1. The summed E-state index contributed by atoms with van der Waals surface area (Å²) < 4.78 is 0. The van der Waals surface area contributed by atoms with Gasteiger partial charge in [0, 0.05) is 23.4 Å². The van der Waals surface area contributed by atoms with E-state index in [2.05, 4.69) is 10.3 Å². The molecule has 1 N–H and O–H groups in total. The van der Waals surface area contributed by atoms with Crippen molar-refractivity contribution in [2.45, 2.75) is 12.5 Å². The van der Waals surface area contributed by atoms with Crippen LogP contribution in [0, 0.1) is 0 Å². The molecular formula is C13H13ClN2S. The molecule has 0 spiro atoms. The molecule has 0 aliphatic carbocycles. The Morgan fingerprint density at radius 3 is 3.12 bits per heavy atom. The Hall–Kier alpha value is -0.930. The normalized spacial score (nSPS) is 19.7. The number of nitrogens with one attached hydrogen (secondary N) is 1. The van der Waals surface area contributed by atoms with Gasteiger partial charge in [0.15, 0.2) is 0 Å². The molecule has 1 aromatic heterocycles. The van der Waals surface area contributed by atoms with Gasteiger partial charge >= 0.3 is 0 Å². The molecule has 1 aliphatic heterocycles. The smallest absolute Gasteiger partial charge is 0.0948 e. The van der Waals surface area contributed by atoms with Gasteiger partial charge in [-0.1, -0.05) is 11.6 Å². The van der Waals surface area contributed by atoms with Crippen LogP contribution in [-0.4, -0.2) is 22.5 Å². The van der Waals surface area contributed by atoms with Crippen LogP contribution in [0.2, 0.25) is 5.02 Å². The molecule has 88 valence electrons. The maximum absolute atomic E-state index is 6.17. The van der Waals surface area contributed by atoms with Crippen LogP contribution in [0.25, 0.3) is 10.9 Å². The Balaban J connectivity index is 2.01. The second-order valence-corrected chi connectivity index (χ2v) is 5.76. The van der Waals surface area contributed by atoms with E-state index >= 15 is 0 Å². The lowest BCUT2D eigenvalue weighted by molar-refractivity contribution is 0.814. The third-order valence-electron chi connectivity index (χ3n) is 3.01. The first-order chi connectivity index (χ1) is 8.34. The van der Waals surface area contributed by atoms with Crippen LogP contribution in [0.4, 0.5) is 5.69 Å². The number of benzene rings is 1. The van der Waals surface area contributed by atoms with Gasteiger partial charge in [-0.25, -0.2) is 0 Å². The summed E-state index contributed by atoms with van der Waals surface area (Å²) in [6.45, 7) is 0. The molecule has 17 heavy (non-hydrogen) atoms. The van der Waals surface area contributed by atoms with Crippen molar-refractivity contribution in [3.63, 3.8) is 0 Å². The molecule has 0 saturated carbocycles. The van der Waals surface area contributed by atoms with Crippen LogP contribution in [0.15, 0.2) is 30.5 Å². The molecule has 1 saturated heterocycles. The predicted octanol–water partition coefficient (Wildman–Crippen LogP) is 3.81. The van der Waals surface area contributed by atoms with Gasteiger partial charge in [-0.2, -0.15) is 11.8 Å². The molecule has 0 amide bonds. The molecule has 1 aliphatic rings. The van der Waals surface area contributed by atoms with Crippen molar-refractivity contribution in [3.8, 4) is 0 Å². The van der Waals surface area contributed by atoms with Crippen LogP contribution in [0.3, 0.4) is 0 Å². The molecule has 2 heterocycles. The third-order valence-corrected chi connectivity index (χ3v) is 4.50. The fourth-order valence-corrected chi connectivity index (χ4v) is 3.49. The largest absolute Gasteiger partial charge is 0.380 e. The number of fused-ring (bicyclic) bond motifs is 1. The van der Waals surface area contributed by atoms with E-state index in [1.807, 2.05) is 42.2 Å². The molecule has 3 rings (SSSR count). The summed E-state index contributed by atoms with van der Waals surface area (Å²) >= 11 is 8.17. The first-order valence-corrected chi connectivity index (χ1v) is 7.25. The first-order valence-electron chi connectivity index (χ1n) is 5.72. The summed E-state index contributed by atoms with van der Waals surface area (Å²) in [5.41, 5.74) is 2.06. The molecule has 0 bridgehead atoms. The summed E-state index contributed by atoms with van der Waals surface area (Å²) in [7, 11) is 0. The SMILES string of the molecule is Clc1ccc(NC2CCSC2)c2ncccc12. The van der Waals surface area contributed by atoms with E-state index in [4.69, 9.17) is 11.6 Å². The highest BCUT2D eigenvalue weighted by Crippen LogP contribution is 2.30. The van der Waals surface area contributed by atoms with Crippen molar-refractivity contribution in [3.05, 3.63) is 35.5 Å². The highest BCUT2D eigenvalue weighted by Gasteiger charge is 2.16. The lowest BCUT2D eigenvalue weighted by Gasteiger charge is -2.14.